The summed E-state index contributed by atoms with van der Waals surface area (Å²) >= 11 is 0. The summed E-state index contributed by atoms with van der Waals surface area (Å²) in [6.45, 7) is 5.31. The fraction of sp³-hybridized carbons (Fsp3) is 0.467. The molecule has 0 saturated carbocycles. The number of nitrogens with one attached hydrogen (secondary N) is 1. The fourth-order valence-electron chi connectivity index (χ4n) is 2.17. The van der Waals surface area contributed by atoms with Gasteiger partial charge in [0.2, 0.25) is 0 Å². The van der Waals surface area contributed by atoms with E-state index < -0.39 is 5.97 Å². The van der Waals surface area contributed by atoms with Crippen LogP contribution < -0.4 is 5.32 Å². The highest BCUT2D eigenvalue weighted by Crippen LogP contribution is 2.11. The zero-order valence-electron chi connectivity index (χ0n) is 13.0. The topological polar surface area (TPSA) is 72.9 Å². The molecule has 1 aromatic carbocycles. The van der Waals surface area contributed by atoms with Crippen LogP contribution >= 0.6 is 0 Å². The van der Waals surface area contributed by atoms with Crippen LogP contribution in [0.2, 0.25) is 0 Å². The lowest BCUT2D eigenvalue weighted by molar-refractivity contribution is 0.0697. The minimum absolute atomic E-state index is 0.0864. The van der Waals surface area contributed by atoms with Crippen molar-refractivity contribution in [1.29, 1.82) is 0 Å². The fourth-order valence-corrected chi connectivity index (χ4v) is 2.17. The summed E-state index contributed by atoms with van der Waals surface area (Å²) in [7, 11) is 3.93. The third kappa shape index (κ3) is 5.07. The highest BCUT2D eigenvalue weighted by molar-refractivity contribution is 5.91. The minimum atomic E-state index is -0.984. The van der Waals surface area contributed by atoms with Crippen LogP contribution in [0.25, 0.3) is 0 Å². The van der Waals surface area contributed by atoms with Crippen molar-refractivity contribution < 1.29 is 14.7 Å². The van der Waals surface area contributed by atoms with Crippen LogP contribution in [0.15, 0.2) is 24.3 Å². The number of carboxylic acid groups (broad SMARTS) is 1. The molecule has 1 atom stereocenters. The van der Waals surface area contributed by atoms with Crippen LogP contribution in [0.4, 0.5) is 10.5 Å². The highest BCUT2D eigenvalue weighted by Gasteiger charge is 2.19. The van der Waals surface area contributed by atoms with E-state index in [-0.39, 0.29) is 17.6 Å². The average Bonchev–Trinajstić information content (AvgIpc) is 2.39. The molecule has 6 nitrogen and oxygen atoms in total. The Morgan fingerprint density at radius 3 is 2.24 bits per heavy atom. The molecule has 0 fully saturated rings. The van der Waals surface area contributed by atoms with Gasteiger partial charge in [0.05, 0.1) is 5.56 Å². The summed E-state index contributed by atoms with van der Waals surface area (Å²) in [6.07, 6.45) is 0. The van der Waals surface area contributed by atoms with Crippen molar-refractivity contribution >= 4 is 17.7 Å². The maximum atomic E-state index is 12.3. The molecule has 2 N–H and O–H groups in total. The number of hydrogen-bond acceptors (Lipinski definition) is 3. The second kappa shape index (κ2) is 7.64. The number of benzene rings is 1. The molecule has 0 heterocycles. The SMILES string of the molecule is CCN(C(=O)Nc1ccc(C(=O)O)cc1)C(C)CN(C)C. The zero-order chi connectivity index (χ0) is 16.0. The standard InChI is InChI=1S/C15H23N3O3/c1-5-18(11(2)10-17(3)4)15(21)16-13-8-6-12(7-9-13)14(19)20/h6-9,11H,5,10H2,1-4H3,(H,16,21)(H,19,20). The average molecular weight is 293 g/mol. The Kier molecular flexibility index (Phi) is 6.17. The predicted molar refractivity (Wildman–Crippen MR) is 82.8 cm³/mol. The number of carboxylic acids is 1. The number of hydrogen-bond donors (Lipinski definition) is 2. The van der Waals surface area contributed by atoms with E-state index in [0.717, 1.165) is 6.54 Å². The molecule has 0 saturated heterocycles. The van der Waals surface area contributed by atoms with Gasteiger partial charge in [-0.1, -0.05) is 0 Å². The van der Waals surface area contributed by atoms with Crippen molar-refractivity contribution in [3.8, 4) is 0 Å². The Balaban J connectivity index is 2.71. The summed E-state index contributed by atoms with van der Waals surface area (Å²) in [5, 5.41) is 11.6. The largest absolute Gasteiger partial charge is 0.478 e. The number of anilines is 1. The minimum Gasteiger partial charge on any atom is -0.478 e. The van der Waals surface area contributed by atoms with Gasteiger partial charge < -0.3 is 20.2 Å². The molecular weight excluding hydrogens is 270 g/mol. The number of nitrogens with zero attached hydrogens (tertiary/aromatic N) is 2. The number of carbonyl (C=O) groups is 2. The van der Waals surface area contributed by atoms with Crippen molar-refractivity contribution in [3.63, 3.8) is 0 Å². The van der Waals surface area contributed by atoms with E-state index in [0.29, 0.717) is 12.2 Å². The van der Waals surface area contributed by atoms with Gasteiger partial charge in [-0.05, 0) is 52.2 Å². The first-order valence-electron chi connectivity index (χ1n) is 6.90. The number of rotatable bonds is 6. The van der Waals surface area contributed by atoms with Crippen molar-refractivity contribution in [3.05, 3.63) is 29.8 Å². The van der Waals surface area contributed by atoms with Gasteiger partial charge in [0.15, 0.2) is 0 Å². The number of amides is 2. The van der Waals surface area contributed by atoms with Gasteiger partial charge in [0.1, 0.15) is 0 Å². The molecule has 1 rings (SSSR count). The first-order valence-corrected chi connectivity index (χ1v) is 6.90. The lowest BCUT2D eigenvalue weighted by atomic mass is 10.2. The molecule has 0 bridgehead atoms. The van der Waals surface area contributed by atoms with E-state index in [4.69, 9.17) is 5.11 Å². The Morgan fingerprint density at radius 1 is 1.24 bits per heavy atom. The second-order valence-corrected chi connectivity index (χ2v) is 5.21. The van der Waals surface area contributed by atoms with Crippen molar-refractivity contribution in [2.24, 2.45) is 0 Å². The van der Waals surface area contributed by atoms with Crippen LogP contribution in [-0.2, 0) is 0 Å². The molecule has 6 heteroatoms. The Morgan fingerprint density at radius 2 is 1.81 bits per heavy atom. The van der Waals surface area contributed by atoms with E-state index in [1.165, 1.54) is 12.1 Å². The lowest BCUT2D eigenvalue weighted by Crippen LogP contribution is -2.45. The van der Waals surface area contributed by atoms with Crippen LogP contribution in [0.5, 0.6) is 0 Å². The maximum Gasteiger partial charge on any atom is 0.335 e. The normalized spacial score (nSPS) is 12.0. The molecule has 0 spiro atoms. The van der Waals surface area contributed by atoms with Crippen molar-refractivity contribution in [2.75, 3.05) is 32.5 Å². The monoisotopic (exact) mass is 293 g/mol. The number of urea groups is 1. The lowest BCUT2D eigenvalue weighted by Gasteiger charge is -2.30. The molecule has 1 aromatic rings. The van der Waals surface area contributed by atoms with Crippen LogP contribution in [0.3, 0.4) is 0 Å². The van der Waals surface area contributed by atoms with Gasteiger partial charge in [0, 0.05) is 24.8 Å². The summed E-state index contributed by atoms with van der Waals surface area (Å²) < 4.78 is 0. The molecule has 21 heavy (non-hydrogen) atoms. The Hall–Kier alpha value is -2.08. The first kappa shape index (κ1) is 17.0. The quantitative estimate of drug-likeness (QED) is 0.843. The predicted octanol–water partition coefficient (Wildman–Crippen LogP) is 2.19. The van der Waals surface area contributed by atoms with Crippen molar-refractivity contribution in [1.82, 2.24) is 9.80 Å². The van der Waals surface area contributed by atoms with Crippen LogP contribution in [0.1, 0.15) is 24.2 Å². The van der Waals surface area contributed by atoms with E-state index in [1.54, 1.807) is 17.0 Å². The highest BCUT2D eigenvalue weighted by atomic mass is 16.4. The summed E-state index contributed by atoms with van der Waals surface area (Å²) in [4.78, 5) is 26.8. The van der Waals surface area contributed by atoms with Gasteiger partial charge in [0.25, 0.3) is 0 Å². The number of aromatic carboxylic acids is 1. The summed E-state index contributed by atoms with van der Waals surface area (Å²) in [5.41, 5.74) is 0.779. The molecular formula is C15H23N3O3. The first-order chi connectivity index (χ1) is 9.85. The number of likely N-dealkylation sites (N-methyl/N-ethyl adjacent to an activating group) is 2. The Bertz CT molecular complexity index is 485. The van der Waals surface area contributed by atoms with Crippen LogP contribution in [0, 0.1) is 0 Å². The van der Waals surface area contributed by atoms with Gasteiger partial charge in [-0.25, -0.2) is 9.59 Å². The Labute approximate surface area is 125 Å². The zero-order valence-corrected chi connectivity index (χ0v) is 13.0. The number of carbonyl (C=O) groups excluding carboxylic acids is 1. The van der Waals surface area contributed by atoms with Gasteiger partial charge in [-0.2, -0.15) is 0 Å². The molecule has 116 valence electrons. The smallest absolute Gasteiger partial charge is 0.335 e. The van der Waals surface area contributed by atoms with E-state index >= 15 is 0 Å². The van der Waals surface area contributed by atoms with Gasteiger partial charge in [-0.3, -0.25) is 0 Å². The third-order valence-corrected chi connectivity index (χ3v) is 3.15. The summed E-state index contributed by atoms with van der Waals surface area (Å²) in [5.74, 6) is -0.984. The van der Waals surface area contributed by atoms with E-state index in [1.807, 2.05) is 32.8 Å². The molecule has 2 amide bonds. The molecule has 0 aliphatic carbocycles. The van der Waals surface area contributed by atoms with Gasteiger partial charge >= 0.3 is 12.0 Å². The summed E-state index contributed by atoms with van der Waals surface area (Å²) in [6, 6.07) is 6.02. The molecule has 0 aliphatic heterocycles. The third-order valence-electron chi connectivity index (χ3n) is 3.15. The molecule has 0 radical (unpaired) electrons. The van der Waals surface area contributed by atoms with E-state index in [9.17, 15) is 9.59 Å². The molecule has 0 aromatic heterocycles. The van der Waals surface area contributed by atoms with E-state index in [2.05, 4.69) is 5.32 Å². The molecule has 1 unspecified atom stereocenters. The second-order valence-electron chi connectivity index (χ2n) is 5.21. The van der Waals surface area contributed by atoms with Crippen LogP contribution in [-0.4, -0.2) is 60.1 Å². The molecule has 0 aliphatic rings. The maximum absolute atomic E-state index is 12.3. The van der Waals surface area contributed by atoms with Crippen molar-refractivity contribution in [2.45, 2.75) is 19.9 Å². The van der Waals surface area contributed by atoms with Gasteiger partial charge in [-0.15, -0.1) is 0 Å².